The quantitative estimate of drug-likeness (QED) is 0.422. The molecular weight excluding hydrogens is 459 g/mol. The van der Waals surface area contributed by atoms with Gasteiger partial charge in [-0.3, -0.25) is 8.75 Å². The van der Waals surface area contributed by atoms with Gasteiger partial charge in [-0.25, -0.2) is 20.1 Å². The van der Waals surface area contributed by atoms with E-state index in [1.54, 1.807) is 0 Å². The summed E-state index contributed by atoms with van der Waals surface area (Å²) in [7, 11) is -3.17. The molecule has 0 radical (unpaired) electrons. The zero-order chi connectivity index (χ0) is 23.7. The molecule has 0 bridgehead atoms. The Bertz CT molecular complexity index is 1200. The van der Waals surface area contributed by atoms with Gasteiger partial charge in [-0.15, -0.1) is 0 Å². The van der Waals surface area contributed by atoms with Crippen LogP contribution in [0.1, 0.15) is 11.8 Å². The zero-order valence-corrected chi connectivity index (χ0v) is 17.2. The number of methoxy groups -OCH3 is 1. The van der Waals surface area contributed by atoms with Gasteiger partial charge in [0.25, 0.3) is 0 Å². The number of nitrogens with two attached hydrogens (primary N) is 1. The van der Waals surface area contributed by atoms with Gasteiger partial charge in [-0.05, 0) is 12.1 Å². The summed E-state index contributed by atoms with van der Waals surface area (Å²) in [5.41, 5.74) is -0.630. The number of alkyl halides is 3. The van der Waals surface area contributed by atoms with Crippen LogP contribution in [-0.4, -0.2) is 64.1 Å². The summed E-state index contributed by atoms with van der Waals surface area (Å²) in [4.78, 5) is 12.0. The Morgan fingerprint density at radius 2 is 1.94 bits per heavy atom. The third-order valence-electron chi connectivity index (χ3n) is 4.49. The van der Waals surface area contributed by atoms with Crippen molar-refractivity contribution in [2.75, 3.05) is 13.7 Å². The molecule has 3 atom stereocenters. The molecule has 174 valence electrons. The topological polar surface area (TPSA) is 163 Å². The van der Waals surface area contributed by atoms with Crippen molar-refractivity contribution in [3.05, 3.63) is 42.5 Å². The molecule has 0 spiro atoms. The highest BCUT2D eigenvalue weighted by atomic mass is 32.2. The second kappa shape index (κ2) is 9.05. The number of ether oxygens (including phenoxy) is 1. The lowest BCUT2D eigenvalue weighted by molar-refractivity contribution is -0.137. The van der Waals surface area contributed by atoms with E-state index in [1.165, 1.54) is 12.1 Å². The molecule has 3 aromatic rings. The van der Waals surface area contributed by atoms with Gasteiger partial charge in [0, 0.05) is 12.7 Å². The fraction of sp³-hybridized carbons (Fsp3) is 0.353. The summed E-state index contributed by atoms with van der Waals surface area (Å²) in [6.45, 7) is -0.690. The normalized spacial score (nSPS) is 15.6. The number of halogens is 3. The Morgan fingerprint density at radius 1 is 1.22 bits per heavy atom. The maximum Gasteiger partial charge on any atom is 0.416 e. The smallest absolute Gasteiger partial charge is 0.386 e. The summed E-state index contributed by atoms with van der Waals surface area (Å²) in [6.07, 6.45) is -7.17. The molecule has 11 nitrogen and oxygen atoms in total. The van der Waals surface area contributed by atoms with Crippen molar-refractivity contribution < 1.29 is 40.7 Å². The summed E-state index contributed by atoms with van der Waals surface area (Å²) < 4.78 is 71.5. The minimum absolute atomic E-state index is 0.00109. The Balaban J connectivity index is 1.95. The van der Waals surface area contributed by atoms with Gasteiger partial charge in [0.1, 0.15) is 29.7 Å². The van der Waals surface area contributed by atoms with E-state index in [-0.39, 0.29) is 22.4 Å². The van der Waals surface area contributed by atoms with E-state index < -0.39 is 47.1 Å². The molecule has 0 aliphatic rings. The maximum atomic E-state index is 13.1. The summed E-state index contributed by atoms with van der Waals surface area (Å²) >= 11 is 0. The first-order valence-electron chi connectivity index (χ1n) is 8.83. The van der Waals surface area contributed by atoms with Crippen LogP contribution in [0.3, 0.4) is 0 Å². The Labute approximate surface area is 179 Å². The summed E-state index contributed by atoms with van der Waals surface area (Å²) in [5.74, 6) is 0. The van der Waals surface area contributed by atoms with Crippen molar-refractivity contribution in [3.63, 3.8) is 0 Å². The lowest BCUT2D eigenvalue weighted by Crippen LogP contribution is -2.40. The van der Waals surface area contributed by atoms with E-state index in [4.69, 9.17) is 9.88 Å². The van der Waals surface area contributed by atoms with Crippen LogP contribution in [0.25, 0.3) is 22.4 Å². The highest BCUT2D eigenvalue weighted by Gasteiger charge is 2.32. The van der Waals surface area contributed by atoms with Crippen molar-refractivity contribution in [3.8, 4) is 11.3 Å². The van der Waals surface area contributed by atoms with Crippen molar-refractivity contribution >= 4 is 21.5 Å². The first-order valence-corrected chi connectivity index (χ1v) is 10.3. The number of aliphatic hydroxyl groups excluding tert-OH is 2. The average Bonchev–Trinajstić information content (AvgIpc) is 3.16. The molecule has 2 aromatic heterocycles. The summed E-state index contributed by atoms with van der Waals surface area (Å²) in [5, 5.41) is 25.7. The van der Waals surface area contributed by atoms with E-state index in [0.717, 1.165) is 36.5 Å². The SMILES string of the molecule is CO[C@H](COS(N)(=O)=O)[C@@H](O)[C@@H](O)n1cnc2c(-c3cccc(C(F)(F)F)c3)ncnc21. The predicted molar refractivity (Wildman–Crippen MR) is 103 cm³/mol. The van der Waals surface area contributed by atoms with Gasteiger partial charge >= 0.3 is 16.5 Å². The molecule has 0 aliphatic carbocycles. The van der Waals surface area contributed by atoms with Gasteiger partial charge in [-0.2, -0.15) is 21.6 Å². The number of fused-ring (bicyclic) bond motifs is 1. The van der Waals surface area contributed by atoms with Gasteiger partial charge in [0.2, 0.25) is 0 Å². The fourth-order valence-electron chi connectivity index (χ4n) is 2.92. The van der Waals surface area contributed by atoms with E-state index in [0.29, 0.717) is 0 Å². The molecule has 2 heterocycles. The van der Waals surface area contributed by atoms with Gasteiger partial charge < -0.3 is 14.9 Å². The Hall–Kier alpha value is -2.69. The van der Waals surface area contributed by atoms with E-state index in [1.807, 2.05) is 0 Å². The number of hydrogen-bond acceptors (Lipinski definition) is 9. The second-order valence-corrected chi connectivity index (χ2v) is 7.80. The monoisotopic (exact) mass is 477 g/mol. The molecule has 0 amide bonds. The van der Waals surface area contributed by atoms with Crippen molar-refractivity contribution in [1.82, 2.24) is 19.5 Å². The lowest BCUT2D eigenvalue weighted by atomic mass is 10.1. The molecule has 0 aliphatic heterocycles. The largest absolute Gasteiger partial charge is 0.416 e. The third-order valence-corrected chi connectivity index (χ3v) is 4.96. The van der Waals surface area contributed by atoms with E-state index in [9.17, 15) is 31.8 Å². The van der Waals surface area contributed by atoms with Crippen LogP contribution in [0.15, 0.2) is 36.9 Å². The molecule has 32 heavy (non-hydrogen) atoms. The van der Waals surface area contributed by atoms with E-state index in [2.05, 4.69) is 19.1 Å². The van der Waals surface area contributed by atoms with E-state index >= 15 is 0 Å². The predicted octanol–water partition coefficient (Wildman–Crippen LogP) is 0.599. The van der Waals surface area contributed by atoms with Crippen LogP contribution in [0.5, 0.6) is 0 Å². The summed E-state index contributed by atoms with van der Waals surface area (Å²) in [6, 6.07) is 4.44. The molecule has 0 unspecified atom stereocenters. The number of benzene rings is 1. The van der Waals surface area contributed by atoms with Gasteiger partial charge in [0.15, 0.2) is 11.9 Å². The van der Waals surface area contributed by atoms with Gasteiger partial charge in [-0.1, -0.05) is 12.1 Å². The molecule has 0 fully saturated rings. The molecule has 0 saturated carbocycles. The van der Waals surface area contributed by atoms with Crippen LogP contribution in [-0.2, 0) is 25.4 Å². The number of rotatable bonds is 8. The number of aliphatic hydroxyl groups is 2. The first-order chi connectivity index (χ1) is 14.9. The fourth-order valence-corrected chi connectivity index (χ4v) is 3.25. The van der Waals surface area contributed by atoms with Crippen LogP contribution >= 0.6 is 0 Å². The molecule has 0 saturated heterocycles. The molecule has 4 N–H and O–H groups in total. The highest BCUT2D eigenvalue weighted by Crippen LogP contribution is 2.33. The Kier molecular flexibility index (Phi) is 6.77. The minimum Gasteiger partial charge on any atom is -0.386 e. The van der Waals surface area contributed by atoms with Crippen LogP contribution < -0.4 is 5.14 Å². The molecular formula is C17H18F3N5O6S. The molecule has 1 aromatic carbocycles. The third kappa shape index (κ3) is 5.20. The number of imidazole rings is 1. The average molecular weight is 477 g/mol. The number of aromatic nitrogens is 4. The van der Waals surface area contributed by atoms with Crippen LogP contribution in [0, 0.1) is 0 Å². The van der Waals surface area contributed by atoms with Crippen molar-refractivity contribution in [2.24, 2.45) is 5.14 Å². The first kappa shape index (κ1) is 24.0. The maximum absolute atomic E-state index is 13.1. The van der Waals surface area contributed by atoms with Crippen LogP contribution in [0.2, 0.25) is 0 Å². The molecule has 3 rings (SSSR count). The Morgan fingerprint density at radius 3 is 2.56 bits per heavy atom. The second-order valence-electron chi connectivity index (χ2n) is 6.58. The van der Waals surface area contributed by atoms with Gasteiger partial charge in [0.05, 0.1) is 18.5 Å². The molecule has 15 heteroatoms. The van der Waals surface area contributed by atoms with Crippen molar-refractivity contribution in [1.29, 1.82) is 0 Å². The lowest BCUT2D eigenvalue weighted by Gasteiger charge is -2.25. The minimum atomic E-state index is -4.56. The highest BCUT2D eigenvalue weighted by molar-refractivity contribution is 7.84. The number of hydrogen-bond donors (Lipinski definition) is 3. The van der Waals surface area contributed by atoms with Crippen molar-refractivity contribution in [2.45, 2.75) is 24.6 Å². The zero-order valence-electron chi connectivity index (χ0n) is 16.3. The standard InChI is InChI=1S/C17H18F3N5O6S/c1-30-11(6-31-32(21,28)29)14(26)16(27)25-8-24-13-12(22-7-23-15(13)25)9-3-2-4-10(5-9)17(18,19)20/h2-5,7-8,11,14,16,26-27H,6H2,1H3,(H2,21,28,29)/t11-,14-,16-/m1/s1. The number of nitrogens with zero attached hydrogens (tertiary/aromatic N) is 4. The van der Waals surface area contributed by atoms with Crippen LogP contribution in [0.4, 0.5) is 13.2 Å².